The minimum atomic E-state index is -0.266. The number of pyridine rings is 1. The summed E-state index contributed by atoms with van der Waals surface area (Å²) in [4.78, 5) is 16.9. The Morgan fingerprint density at radius 2 is 2.20 bits per heavy atom. The van der Waals surface area contributed by atoms with Crippen molar-refractivity contribution in [1.82, 2.24) is 10.3 Å². The van der Waals surface area contributed by atoms with Crippen LogP contribution in [0.4, 0.5) is 5.82 Å². The second-order valence-electron chi connectivity index (χ2n) is 5.89. The van der Waals surface area contributed by atoms with E-state index in [1.807, 2.05) is 13.0 Å². The third-order valence-electron chi connectivity index (χ3n) is 3.59. The number of amides is 1. The zero-order valence-corrected chi connectivity index (χ0v) is 12.6. The molecule has 0 bridgehead atoms. The lowest BCUT2D eigenvalue weighted by molar-refractivity contribution is 0.0889. The van der Waals surface area contributed by atoms with Crippen molar-refractivity contribution >= 4 is 11.7 Å². The van der Waals surface area contributed by atoms with Crippen molar-refractivity contribution in [1.29, 1.82) is 0 Å². The lowest BCUT2D eigenvalue weighted by Gasteiger charge is -2.23. The van der Waals surface area contributed by atoms with Crippen LogP contribution < -0.4 is 10.6 Å². The number of nitrogens with one attached hydrogen (secondary N) is 2. The quantitative estimate of drug-likeness (QED) is 0.885. The van der Waals surface area contributed by atoms with E-state index in [9.17, 15) is 4.79 Å². The Kier molecular flexibility index (Phi) is 4.28. The lowest BCUT2D eigenvalue weighted by Crippen LogP contribution is -2.46. The van der Waals surface area contributed by atoms with E-state index in [2.05, 4.69) is 29.5 Å². The third kappa shape index (κ3) is 3.28. The number of anilines is 1. The fraction of sp³-hybridized carbons (Fsp3) is 0.600. The monoisotopic (exact) mass is 277 g/mol. The Bertz CT molecular complexity index is 494. The number of rotatable bonds is 4. The summed E-state index contributed by atoms with van der Waals surface area (Å²) in [5.41, 5.74) is 1.29. The summed E-state index contributed by atoms with van der Waals surface area (Å²) in [7, 11) is 1.81. The van der Waals surface area contributed by atoms with Crippen LogP contribution in [-0.4, -0.2) is 36.7 Å². The van der Waals surface area contributed by atoms with Crippen molar-refractivity contribution in [2.24, 2.45) is 0 Å². The number of hydrogen-bond donors (Lipinski definition) is 2. The molecule has 5 nitrogen and oxygen atoms in total. The molecule has 1 aromatic rings. The number of carbonyl (C=O) groups excluding carboxylic acids is 1. The number of aromatic nitrogens is 1. The van der Waals surface area contributed by atoms with Gasteiger partial charge in [-0.15, -0.1) is 0 Å². The van der Waals surface area contributed by atoms with Gasteiger partial charge >= 0.3 is 0 Å². The van der Waals surface area contributed by atoms with E-state index in [0.29, 0.717) is 24.6 Å². The van der Waals surface area contributed by atoms with Gasteiger partial charge in [0.2, 0.25) is 0 Å². The lowest BCUT2D eigenvalue weighted by atomic mass is 10.0. The maximum absolute atomic E-state index is 12.4. The van der Waals surface area contributed by atoms with Crippen LogP contribution in [0.1, 0.15) is 49.2 Å². The SMILES string of the molecule is CNc1cc(C(=O)NC2(C)CCOC2)cc(C(C)C)n1. The van der Waals surface area contributed by atoms with Crippen molar-refractivity contribution in [3.05, 3.63) is 23.4 Å². The summed E-state index contributed by atoms with van der Waals surface area (Å²) < 4.78 is 5.36. The number of carbonyl (C=O) groups is 1. The van der Waals surface area contributed by atoms with E-state index in [1.165, 1.54) is 0 Å². The van der Waals surface area contributed by atoms with E-state index in [-0.39, 0.29) is 17.4 Å². The van der Waals surface area contributed by atoms with E-state index in [0.717, 1.165) is 12.1 Å². The Morgan fingerprint density at radius 3 is 2.75 bits per heavy atom. The molecule has 0 aromatic carbocycles. The largest absolute Gasteiger partial charge is 0.379 e. The van der Waals surface area contributed by atoms with Gasteiger partial charge in [0.05, 0.1) is 12.1 Å². The Labute approximate surface area is 120 Å². The molecule has 2 heterocycles. The average molecular weight is 277 g/mol. The van der Waals surface area contributed by atoms with E-state index in [1.54, 1.807) is 13.1 Å². The molecule has 110 valence electrons. The van der Waals surface area contributed by atoms with Crippen molar-refractivity contribution in [2.45, 2.75) is 38.6 Å². The molecule has 1 aromatic heterocycles. The predicted molar refractivity (Wildman–Crippen MR) is 79.2 cm³/mol. The topological polar surface area (TPSA) is 63.2 Å². The van der Waals surface area contributed by atoms with Crippen LogP contribution in [0.3, 0.4) is 0 Å². The molecule has 1 saturated heterocycles. The van der Waals surface area contributed by atoms with Crippen LogP contribution in [0.25, 0.3) is 0 Å². The van der Waals surface area contributed by atoms with Crippen LogP contribution >= 0.6 is 0 Å². The predicted octanol–water partition coefficient (Wildman–Crippen LogP) is 2.16. The first-order valence-electron chi connectivity index (χ1n) is 7.03. The number of nitrogens with zero attached hydrogens (tertiary/aromatic N) is 1. The van der Waals surface area contributed by atoms with Crippen LogP contribution in [0.15, 0.2) is 12.1 Å². The molecule has 1 unspecified atom stereocenters. The molecule has 0 spiro atoms. The zero-order chi connectivity index (χ0) is 14.8. The van der Waals surface area contributed by atoms with Gasteiger partial charge in [0.15, 0.2) is 0 Å². The summed E-state index contributed by atoms with van der Waals surface area (Å²) in [6.45, 7) is 7.42. The van der Waals surface area contributed by atoms with Crippen LogP contribution in [-0.2, 0) is 4.74 Å². The minimum absolute atomic E-state index is 0.0706. The van der Waals surface area contributed by atoms with Crippen molar-refractivity contribution in [2.75, 3.05) is 25.6 Å². The maximum Gasteiger partial charge on any atom is 0.251 e. The fourth-order valence-corrected chi connectivity index (χ4v) is 2.22. The standard InChI is InChI=1S/C15H23N3O2/c1-10(2)12-7-11(8-13(16-4)17-12)14(19)18-15(3)5-6-20-9-15/h7-8,10H,5-6,9H2,1-4H3,(H,16,17)(H,18,19). The van der Waals surface area contributed by atoms with Crippen molar-refractivity contribution in [3.63, 3.8) is 0 Å². The normalized spacial score (nSPS) is 22.1. The number of ether oxygens (including phenoxy) is 1. The molecule has 0 radical (unpaired) electrons. The van der Waals surface area contributed by atoms with Gasteiger partial charge in [0, 0.05) is 24.9 Å². The first-order chi connectivity index (χ1) is 9.43. The van der Waals surface area contributed by atoms with Crippen molar-refractivity contribution in [3.8, 4) is 0 Å². The molecule has 1 atom stereocenters. The van der Waals surface area contributed by atoms with Gasteiger partial charge in [-0.25, -0.2) is 4.98 Å². The molecule has 0 aliphatic carbocycles. The Hall–Kier alpha value is -1.62. The molecule has 1 fully saturated rings. The highest BCUT2D eigenvalue weighted by atomic mass is 16.5. The van der Waals surface area contributed by atoms with E-state index in [4.69, 9.17) is 4.74 Å². The first kappa shape index (κ1) is 14.8. The summed E-state index contributed by atoms with van der Waals surface area (Å²) >= 11 is 0. The molecule has 2 rings (SSSR count). The molecule has 1 aliphatic heterocycles. The van der Waals surface area contributed by atoms with Crippen LogP contribution in [0, 0.1) is 0 Å². The van der Waals surface area contributed by atoms with Gasteiger partial charge in [-0.3, -0.25) is 4.79 Å². The summed E-state index contributed by atoms with van der Waals surface area (Å²) in [5, 5.41) is 6.07. The molecule has 1 aliphatic rings. The highest BCUT2D eigenvalue weighted by Gasteiger charge is 2.31. The highest BCUT2D eigenvalue weighted by Crippen LogP contribution is 2.21. The molecular weight excluding hydrogens is 254 g/mol. The van der Waals surface area contributed by atoms with Gasteiger partial charge in [-0.05, 0) is 31.4 Å². The molecule has 5 heteroatoms. The second kappa shape index (κ2) is 5.79. The molecular formula is C15H23N3O2. The van der Waals surface area contributed by atoms with E-state index < -0.39 is 0 Å². The molecule has 2 N–H and O–H groups in total. The first-order valence-corrected chi connectivity index (χ1v) is 7.03. The molecule has 0 saturated carbocycles. The second-order valence-corrected chi connectivity index (χ2v) is 5.89. The van der Waals surface area contributed by atoms with Gasteiger partial charge in [0.25, 0.3) is 5.91 Å². The smallest absolute Gasteiger partial charge is 0.251 e. The average Bonchev–Trinajstić information content (AvgIpc) is 2.84. The summed E-state index contributed by atoms with van der Waals surface area (Å²) in [6, 6.07) is 3.64. The zero-order valence-electron chi connectivity index (χ0n) is 12.6. The van der Waals surface area contributed by atoms with Crippen LogP contribution in [0.5, 0.6) is 0 Å². The summed E-state index contributed by atoms with van der Waals surface area (Å²) in [6.07, 6.45) is 0.847. The minimum Gasteiger partial charge on any atom is -0.379 e. The van der Waals surface area contributed by atoms with Gasteiger partial charge < -0.3 is 15.4 Å². The third-order valence-corrected chi connectivity index (χ3v) is 3.59. The van der Waals surface area contributed by atoms with Gasteiger partial charge in [0.1, 0.15) is 5.82 Å². The van der Waals surface area contributed by atoms with Crippen LogP contribution in [0.2, 0.25) is 0 Å². The Morgan fingerprint density at radius 1 is 1.45 bits per heavy atom. The van der Waals surface area contributed by atoms with Crippen molar-refractivity contribution < 1.29 is 9.53 Å². The van der Waals surface area contributed by atoms with Gasteiger partial charge in [-0.1, -0.05) is 13.8 Å². The number of hydrogen-bond acceptors (Lipinski definition) is 4. The Balaban J connectivity index is 2.22. The summed E-state index contributed by atoms with van der Waals surface area (Å²) in [5.74, 6) is 0.924. The molecule has 1 amide bonds. The maximum atomic E-state index is 12.4. The highest BCUT2D eigenvalue weighted by molar-refractivity contribution is 5.95. The van der Waals surface area contributed by atoms with E-state index >= 15 is 0 Å². The fourth-order valence-electron chi connectivity index (χ4n) is 2.22. The molecule has 20 heavy (non-hydrogen) atoms. The van der Waals surface area contributed by atoms with Gasteiger partial charge in [-0.2, -0.15) is 0 Å².